The lowest BCUT2D eigenvalue weighted by molar-refractivity contribution is 0.0694. The number of fused-ring (bicyclic) bond motifs is 1. The predicted molar refractivity (Wildman–Crippen MR) is 145 cm³/mol. The number of hydrogen-bond acceptors (Lipinski definition) is 6. The molecule has 0 fully saturated rings. The molecule has 9 nitrogen and oxygen atoms in total. The minimum atomic E-state index is -4.07. The third-order valence-corrected chi connectivity index (χ3v) is 8.28. The molecule has 11 heteroatoms. The largest absolute Gasteiger partial charge is 0.477 e. The van der Waals surface area contributed by atoms with Crippen LogP contribution < -0.4 is 10.2 Å². The quantitative estimate of drug-likeness (QED) is 0.272. The summed E-state index contributed by atoms with van der Waals surface area (Å²) in [5.41, 5.74) is 1.65. The van der Waals surface area contributed by atoms with E-state index < -0.39 is 27.0 Å². The van der Waals surface area contributed by atoms with E-state index in [2.05, 4.69) is 14.6 Å². The fraction of sp³-hybridized carbons (Fsp3) is 0.0370. The highest BCUT2D eigenvalue weighted by molar-refractivity contribution is 7.93. The van der Waals surface area contributed by atoms with Gasteiger partial charge in [0.15, 0.2) is 10.8 Å². The lowest BCUT2D eigenvalue weighted by Crippen LogP contribution is -2.19. The number of rotatable bonds is 7. The smallest absolute Gasteiger partial charge is 0.341 e. The van der Waals surface area contributed by atoms with Crippen molar-refractivity contribution in [2.45, 2.75) is 11.4 Å². The molecule has 5 aromatic rings. The third-order valence-electron chi connectivity index (χ3n) is 5.79. The predicted octanol–water partition coefficient (Wildman–Crippen LogP) is 5.22. The van der Waals surface area contributed by atoms with Gasteiger partial charge in [0, 0.05) is 12.7 Å². The Bertz CT molecular complexity index is 1890. The van der Waals surface area contributed by atoms with Crippen LogP contribution in [-0.4, -0.2) is 29.0 Å². The zero-order valence-electron chi connectivity index (χ0n) is 19.5. The molecule has 0 amide bonds. The summed E-state index contributed by atoms with van der Waals surface area (Å²) in [5, 5.41) is 9.58. The van der Waals surface area contributed by atoms with Gasteiger partial charge in [-0.25, -0.2) is 23.0 Å². The molecule has 2 aromatic heterocycles. The number of hydrogen-bond donors (Lipinski definition) is 2. The molecular weight excluding hydrogens is 524 g/mol. The molecule has 0 saturated heterocycles. The summed E-state index contributed by atoms with van der Waals surface area (Å²) in [6.07, 6.45) is 1.26. The van der Waals surface area contributed by atoms with Gasteiger partial charge in [-0.2, -0.15) is 0 Å². The highest BCUT2D eigenvalue weighted by Gasteiger charge is 2.22. The van der Waals surface area contributed by atoms with Gasteiger partial charge < -0.3 is 9.67 Å². The topological polar surface area (TPSA) is 123 Å². The van der Waals surface area contributed by atoms with E-state index in [1.165, 1.54) is 30.5 Å². The third kappa shape index (κ3) is 4.78. The van der Waals surface area contributed by atoms with Crippen LogP contribution in [0.4, 0.5) is 10.8 Å². The average molecular weight is 543 g/mol. The molecule has 188 valence electrons. The number of carboxylic acids is 1. The molecule has 0 saturated carbocycles. The second-order valence-corrected chi connectivity index (χ2v) is 10.9. The fourth-order valence-electron chi connectivity index (χ4n) is 3.98. The Morgan fingerprint density at radius 1 is 1.03 bits per heavy atom. The number of nitrogens with zero attached hydrogens (tertiary/aromatic N) is 3. The lowest BCUT2D eigenvalue weighted by Gasteiger charge is -2.13. The van der Waals surface area contributed by atoms with Crippen LogP contribution in [0, 0.1) is 6.57 Å². The number of aromatic nitrogens is 2. The molecule has 0 unspecified atom stereocenters. The van der Waals surface area contributed by atoms with Gasteiger partial charge in [-0.15, -0.1) is 0 Å². The molecule has 0 spiro atoms. The Labute approximate surface area is 221 Å². The number of benzene rings is 3. The molecule has 5 rings (SSSR count). The summed E-state index contributed by atoms with van der Waals surface area (Å²) < 4.78 is 29.8. The molecule has 0 aliphatic carbocycles. The summed E-state index contributed by atoms with van der Waals surface area (Å²) in [6, 6.07) is 22.7. The van der Waals surface area contributed by atoms with Crippen LogP contribution in [0.1, 0.15) is 15.9 Å². The number of aromatic carboxylic acids is 1. The first-order valence-electron chi connectivity index (χ1n) is 11.2. The SMILES string of the molecule is [C-]#[N+]c1ccc(S(=O)(=O)Nc2nc3c(=O)c(C(=O)O)cn(Cc4ccccc4-c4ccccc4)c3s2)cc1. The molecule has 3 aromatic carbocycles. The van der Waals surface area contributed by atoms with Crippen molar-refractivity contribution < 1.29 is 18.3 Å². The molecule has 0 atom stereocenters. The van der Waals surface area contributed by atoms with E-state index in [0.29, 0.717) is 4.83 Å². The van der Waals surface area contributed by atoms with Crippen molar-refractivity contribution in [1.82, 2.24) is 9.55 Å². The average Bonchev–Trinajstić information content (AvgIpc) is 3.34. The molecule has 0 aliphatic heterocycles. The van der Waals surface area contributed by atoms with Crippen LogP contribution in [0.25, 0.3) is 26.3 Å². The van der Waals surface area contributed by atoms with Crippen LogP contribution in [0.3, 0.4) is 0 Å². The van der Waals surface area contributed by atoms with Crippen LogP contribution >= 0.6 is 11.3 Å². The zero-order chi connectivity index (χ0) is 26.9. The maximum absolute atomic E-state index is 12.9. The van der Waals surface area contributed by atoms with Crippen molar-refractivity contribution in [1.29, 1.82) is 0 Å². The monoisotopic (exact) mass is 542 g/mol. The molecule has 2 heterocycles. The van der Waals surface area contributed by atoms with E-state index in [-0.39, 0.29) is 27.8 Å². The van der Waals surface area contributed by atoms with Gasteiger partial charge in [0.05, 0.1) is 11.5 Å². The minimum Gasteiger partial charge on any atom is -0.477 e. The first kappa shape index (κ1) is 24.9. The maximum atomic E-state index is 12.9. The van der Waals surface area contributed by atoms with Gasteiger partial charge in [0.25, 0.3) is 10.0 Å². The van der Waals surface area contributed by atoms with E-state index in [4.69, 9.17) is 6.57 Å². The van der Waals surface area contributed by atoms with Gasteiger partial charge >= 0.3 is 5.97 Å². The van der Waals surface area contributed by atoms with Crippen LogP contribution in [0.5, 0.6) is 0 Å². The Morgan fingerprint density at radius 2 is 1.71 bits per heavy atom. The van der Waals surface area contributed by atoms with E-state index >= 15 is 0 Å². The summed E-state index contributed by atoms with van der Waals surface area (Å²) in [6.45, 7) is 7.24. The first-order chi connectivity index (χ1) is 18.3. The van der Waals surface area contributed by atoms with Crippen molar-refractivity contribution in [2.24, 2.45) is 0 Å². The number of pyridine rings is 1. The van der Waals surface area contributed by atoms with Gasteiger partial charge in [0.1, 0.15) is 15.9 Å². The van der Waals surface area contributed by atoms with Crippen LogP contribution in [0.2, 0.25) is 0 Å². The van der Waals surface area contributed by atoms with E-state index in [1.807, 2.05) is 54.6 Å². The summed E-state index contributed by atoms with van der Waals surface area (Å²) in [7, 11) is -4.07. The Kier molecular flexibility index (Phi) is 6.50. The van der Waals surface area contributed by atoms with Crippen LogP contribution in [-0.2, 0) is 16.6 Å². The number of carbonyl (C=O) groups is 1. The van der Waals surface area contributed by atoms with E-state index in [9.17, 15) is 23.1 Å². The Hall–Kier alpha value is -4.79. The summed E-state index contributed by atoms with van der Waals surface area (Å²) in [5.74, 6) is -1.41. The van der Waals surface area contributed by atoms with Crippen molar-refractivity contribution >= 4 is 48.5 Å². The summed E-state index contributed by atoms with van der Waals surface area (Å²) >= 11 is 0.929. The van der Waals surface area contributed by atoms with Gasteiger partial charge in [-0.05, 0) is 16.7 Å². The number of sulfonamides is 1. The van der Waals surface area contributed by atoms with Gasteiger partial charge in [-0.3, -0.25) is 9.52 Å². The lowest BCUT2D eigenvalue weighted by atomic mass is 9.99. The van der Waals surface area contributed by atoms with E-state index in [1.54, 1.807) is 4.57 Å². The first-order valence-corrected chi connectivity index (χ1v) is 13.5. The minimum absolute atomic E-state index is 0.0811. The Morgan fingerprint density at radius 3 is 2.39 bits per heavy atom. The molecule has 2 N–H and O–H groups in total. The second-order valence-electron chi connectivity index (χ2n) is 8.21. The van der Waals surface area contributed by atoms with Gasteiger partial charge in [0.2, 0.25) is 5.43 Å². The van der Waals surface area contributed by atoms with Crippen molar-refractivity contribution in [2.75, 3.05) is 4.72 Å². The number of nitrogens with one attached hydrogen (secondary N) is 1. The Balaban J connectivity index is 1.60. The molecular formula is C27H18N4O5S2. The molecule has 0 aliphatic rings. The maximum Gasteiger partial charge on any atom is 0.341 e. The van der Waals surface area contributed by atoms with Crippen LogP contribution in [0.15, 0.2) is 94.7 Å². The van der Waals surface area contributed by atoms with Gasteiger partial charge in [-0.1, -0.05) is 90.2 Å². The highest BCUT2D eigenvalue weighted by atomic mass is 32.2. The van der Waals surface area contributed by atoms with Crippen molar-refractivity contribution in [3.8, 4) is 11.1 Å². The molecule has 0 bridgehead atoms. The number of carboxylic acid groups (broad SMARTS) is 1. The summed E-state index contributed by atoms with van der Waals surface area (Å²) in [4.78, 5) is 32.4. The normalized spacial score (nSPS) is 11.2. The van der Waals surface area contributed by atoms with Crippen molar-refractivity contribution in [3.63, 3.8) is 0 Å². The number of anilines is 1. The number of thiazole rings is 1. The highest BCUT2D eigenvalue weighted by Crippen LogP contribution is 2.30. The van der Waals surface area contributed by atoms with Crippen molar-refractivity contribution in [3.05, 3.63) is 118 Å². The molecule has 0 radical (unpaired) electrons. The molecule has 38 heavy (non-hydrogen) atoms. The second kappa shape index (κ2) is 9.93. The van der Waals surface area contributed by atoms with E-state index in [0.717, 1.165) is 28.0 Å². The fourth-order valence-corrected chi connectivity index (χ4v) is 6.16. The standard InChI is InChI=1S/C27H18N4O5S2/c1-28-19-11-13-20(14-12-19)38(35,36)30-27-29-23-24(32)22(26(33)34)16-31(25(23)37-27)15-18-9-5-6-10-21(18)17-7-3-2-4-8-17/h2-14,16H,15H2,(H,29,30)(H,33,34). The zero-order valence-corrected chi connectivity index (χ0v) is 21.2.